The lowest BCUT2D eigenvalue weighted by atomic mass is 10.4. The minimum Gasteiger partial charge on any atom is -0.408 e. The van der Waals surface area contributed by atoms with Crippen molar-refractivity contribution in [3.8, 4) is 0 Å². The molecule has 2 atom stereocenters. The van der Waals surface area contributed by atoms with Gasteiger partial charge in [0.1, 0.15) is 0 Å². The van der Waals surface area contributed by atoms with Crippen LogP contribution in [-0.2, 0) is 13.0 Å². The zero-order valence-electron chi connectivity index (χ0n) is 14.4. The van der Waals surface area contributed by atoms with Crippen LogP contribution >= 0.6 is 0 Å². The first-order valence-electron chi connectivity index (χ1n) is 8.13. The van der Waals surface area contributed by atoms with Gasteiger partial charge in [0, 0.05) is 13.2 Å². The Labute approximate surface area is 141 Å². The van der Waals surface area contributed by atoms with Crippen LogP contribution in [0.25, 0.3) is 0 Å². The van der Waals surface area contributed by atoms with Gasteiger partial charge in [0.15, 0.2) is 0 Å². The van der Waals surface area contributed by atoms with Crippen molar-refractivity contribution in [1.29, 1.82) is 0 Å². The van der Waals surface area contributed by atoms with E-state index in [0.717, 1.165) is 10.4 Å². The lowest BCUT2D eigenvalue weighted by Crippen LogP contribution is -2.63. The van der Waals surface area contributed by atoms with Gasteiger partial charge in [-0.1, -0.05) is 60.7 Å². The Morgan fingerprint density at radius 2 is 1.00 bits per heavy atom. The maximum Gasteiger partial charge on any atom is 0.360 e. The Hall–Kier alpha value is -1.25. The fraction of sp³-hybridized carbons (Fsp3) is 0.333. The van der Waals surface area contributed by atoms with Gasteiger partial charge in [-0.05, 0) is 37.3 Å². The zero-order valence-corrected chi connectivity index (χ0v) is 16.4. The molecule has 0 aliphatic heterocycles. The van der Waals surface area contributed by atoms with Gasteiger partial charge in [-0.15, -0.1) is 0 Å². The predicted molar refractivity (Wildman–Crippen MR) is 99.7 cm³/mol. The summed E-state index contributed by atoms with van der Waals surface area (Å²) >= 11 is 0. The second-order valence-corrected chi connectivity index (χ2v) is 11.9. The normalized spacial score (nSPS) is 16.5. The molecule has 0 aliphatic carbocycles. The molecule has 0 amide bonds. The van der Waals surface area contributed by atoms with Crippen LogP contribution in [0.2, 0.25) is 13.1 Å². The summed E-state index contributed by atoms with van der Waals surface area (Å²) in [6, 6.07) is 20.5. The molecule has 2 aromatic rings. The number of benzene rings is 2. The van der Waals surface area contributed by atoms with Crippen LogP contribution in [0, 0.1) is 0 Å². The summed E-state index contributed by atoms with van der Waals surface area (Å²) in [5.74, 6) is 0. The Bertz CT molecular complexity index is 540. The Balaban J connectivity index is 2.39. The van der Waals surface area contributed by atoms with Crippen molar-refractivity contribution in [2.24, 2.45) is 0 Å². The highest BCUT2D eigenvalue weighted by atomic mass is 28.5. The molecule has 0 fully saturated rings. The van der Waals surface area contributed by atoms with Crippen LogP contribution < -0.4 is 10.4 Å². The standard InChI is InChI=1S/C18H26O3Si2/c1-5-19-22(3,17-13-9-7-10-14-17)21-23(4,20-6-2)18-15-11-8-12-16-18/h7-16H,5-6H2,1-4H3. The van der Waals surface area contributed by atoms with Crippen molar-refractivity contribution in [1.82, 2.24) is 0 Å². The first-order valence-corrected chi connectivity index (χ1v) is 12.8. The van der Waals surface area contributed by atoms with Gasteiger partial charge in [0.05, 0.1) is 0 Å². The van der Waals surface area contributed by atoms with E-state index < -0.39 is 17.1 Å². The van der Waals surface area contributed by atoms with Crippen molar-refractivity contribution in [2.75, 3.05) is 13.2 Å². The van der Waals surface area contributed by atoms with E-state index in [1.54, 1.807) is 0 Å². The molecule has 0 saturated carbocycles. The molecule has 0 aromatic heterocycles. The maximum atomic E-state index is 6.71. The molecule has 0 N–H and O–H groups in total. The number of hydrogen-bond donors (Lipinski definition) is 0. The van der Waals surface area contributed by atoms with E-state index in [-0.39, 0.29) is 0 Å². The van der Waals surface area contributed by atoms with Crippen LogP contribution in [0.3, 0.4) is 0 Å². The van der Waals surface area contributed by atoms with Crippen molar-refractivity contribution < 1.29 is 13.0 Å². The molecule has 124 valence electrons. The quantitative estimate of drug-likeness (QED) is 0.688. The smallest absolute Gasteiger partial charge is 0.360 e. The average molecular weight is 347 g/mol. The SMILES string of the molecule is CCO[Si](C)(O[Si](C)(OCC)c1ccccc1)c1ccccc1. The molecule has 0 aliphatic rings. The van der Waals surface area contributed by atoms with E-state index in [1.807, 2.05) is 50.2 Å². The van der Waals surface area contributed by atoms with Gasteiger partial charge in [-0.25, -0.2) is 0 Å². The third-order valence-electron chi connectivity index (χ3n) is 3.83. The van der Waals surface area contributed by atoms with Crippen molar-refractivity contribution in [2.45, 2.75) is 26.9 Å². The summed E-state index contributed by atoms with van der Waals surface area (Å²) in [7, 11) is -5.09. The number of hydrogen-bond acceptors (Lipinski definition) is 3. The van der Waals surface area contributed by atoms with Crippen LogP contribution in [-0.4, -0.2) is 30.3 Å². The van der Waals surface area contributed by atoms with Gasteiger partial charge in [0.25, 0.3) is 0 Å². The highest BCUT2D eigenvalue weighted by molar-refractivity contribution is 6.92. The van der Waals surface area contributed by atoms with Crippen LogP contribution in [0.1, 0.15) is 13.8 Å². The average Bonchev–Trinajstić information content (AvgIpc) is 2.57. The topological polar surface area (TPSA) is 27.7 Å². The molecule has 23 heavy (non-hydrogen) atoms. The van der Waals surface area contributed by atoms with Gasteiger partial charge in [-0.2, -0.15) is 0 Å². The van der Waals surface area contributed by atoms with E-state index in [1.165, 1.54) is 0 Å². The fourth-order valence-electron chi connectivity index (χ4n) is 2.75. The molecule has 2 aromatic carbocycles. The Morgan fingerprint density at radius 1 is 0.652 bits per heavy atom. The molecule has 0 radical (unpaired) electrons. The number of rotatable bonds is 8. The Kier molecular flexibility index (Phi) is 6.32. The summed E-state index contributed by atoms with van der Waals surface area (Å²) in [6.07, 6.45) is 0. The van der Waals surface area contributed by atoms with E-state index in [0.29, 0.717) is 13.2 Å². The monoisotopic (exact) mass is 346 g/mol. The molecule has 0 saturated heterocycles. The Morgan fingerprint density at radius 3 is 1.30 bits per heavy atom. The van der Waals surface area contributed by atoms with E-state index in [4.69, 9.17) is 13.0 Å². The summed E-state index contributed by atoms with van der Waals surface area (Å²) in [5.41, 5.74) is 0. The molecule has 5 heteroatoms. The molecule has 2 rings (SSSR count). The third kappa shape index (κ3) is 4.39. The molecule has 0 bridgehead atoms. The minimum atomic E-state index is -2.54. The largest absolute Gasteiger partial charge is 0.408 e. The summed E-state index contributed by atoms with van der Waals surface area (Å²) in [4.78, 5) is 0. The highest BCUT2D eigenvalue weighted by Crippen LogP contribution is 2.18. The predicted octanol–water partition coefficient (Wildman–Crippen LogP) is 3.03. The summed E-state index contributed by atoms with van der Waals surface area (Å²) < 4.78 is 19.0. The van der Waals surface area contributed by atoms with E-state index >= 15 is 0 Å². The molecule has 3 nitrogen and oxygen atoms in total. The molecule has 0 heterocycles. The highest BCUT2D eigenvalue weighted by Gasteiger charge is 2.45. The van der Waals surface area contributed by atoms with Crippen LogP contribution in [0.15, 0.2) is 60.7 Å². The lowest BCUT2D eigenvalue weighted by molar-refractivity contribution is 0.217. The molecule has 0 spiro atoms. The summed E-state index contributed by atoms with van der Waals surface area (Å²) in [5, 5.41) is 2.27. The van der Waals surface area contributed by atoms with Crippen LogP contribution in [0.5, 0.6) is 0 Å². The van der Waals surface area contributed by atoms with Gasteiger partial charge in [-0.3, -0.25) is 0 Å². The first kappa shape index (κ1) is 18.1. The van der Waals surface area contributed by atoms with E-state index in [9.17, 15) is 0 Å². The molecular formula is C18H26O3Si2. The maximum absolute atomic E-state index is 6.71. The van der Waals surface area contributed by atoms with Crippen molar-refractivity contribution in [3.63, 3.8) is 0 Å². The van der Waals surface area contributed by atoms with E-state index in [2.05, 4.69) is 37.4 Å². The fourth-order valence-corrected chi connectivity index (χ4v) is 10.2. The third-order valence-corrected chi connectivity index (χ3v) is 11.4. The second kappa shape index (κ2) is 8.03. The van der Waals surface area contributed by atoms with Crippen molar-refractivity contribution >= 4 is 27.5 Å². The first-order chi connectivity index (χ1) is 11.0. The van der Waals surface area contributed by atoms with Gasteiger partial charge < -0.3 is 13.0 Å². The zero-order chi connectivity index (χ0) is 16.8. The summed E-state index contributed by atoms with van der Waals surface area (Å²) in [6.45, 7) is 9.50. The minimum absolute atomic E-state index is 0.628. The van der Waals surface area contributed by atoms with Gasteiger partial charge >= 0.3 is 17.1 Å². The molecule has 2 unspecified atom stereocenters. The van der Waals surface area contributed by atoms with Crippen molar-refractivity contribution in [3.05, 3.63) is 60.7 Å². The molecular weight excluding hydrogens is 320 g/mol. The van der Waals surface area contributed by atoms with Gasteiger partial charge in [0.2, 0.25) is 0 Å². The lowest BCUT2D eigenvalue weighted by Gasteiger charge is -2.37. The van der Waals surface area contributed by atoms with Crippen LogP contribution in [0.4, 0.5) is 0 Å². The second-order valence-electron chi connectivity index (χ2n) is 5.59.